The van der Waals surface area contributed by atoms with Crippen LogP contribution in [0.4, 0.5) is 0 Å². The zero-order valence-corrected chi connectivity index (χ0v) is 18.4. The molecule has 0 fully saturated rings. The van der Waals surface area contributed by atoms with Crippen molar-refractivity contribution < 1.29 is 51.0 Å². The first-order valence-corrected chi connectivity index (χ1v) is 8.05. The molecule has 0 aromatic heterocycles. The molecule has 0 aliphatic heterocycles. The summed E-state index contributed by atoms with van der Waals surface area (Å²) in [7, 11) is 0. The maximum absolute atomic E-state index is 3.35. The normalized spacial score (nSPS) is 13.0. The van der Waals surface area contributed by atoms with E-state index in [1.54, 1.807) is 0 Å². The van der Waals surface area contributed by atoms with E-state index < -0.39 is 0 Å². The van der Waals surface area contributed by atoms with Gasteiger partial charge in [0.25, 0.3) is 0 Å². The summed E-state index contributed by atoms with van der Waals surface area (Å²) < 4.78 is 0. The van der Waals surface area contributed by atoms with Crippen LogP contribution >= 0.6 is 0 Å². The van der Waals surface area contributed by atoms with Crippen LogP contribution < -0.4 is 24.8 Å². The van der Waals surface area contributed by atoms with Crippen molar-refractivity contribution in [2.45, 2.75) is 12.8 Å². The predicted molar refractivity (Wildman–Crippen MR) is 97.8 cm³/mol. The third kappa shape index (κ3) is 4.34. The van der Waals surface area contributed by atoms with E-state index in [0.717, 1.165) is 0 Å². The molecule has 0 amide bonds. The van der Waals surface area contributed by atoms with Crippen LogP contribution in [-0.2, 0) is 26.2 Å². The van der Waals surface area contributed by atoms with Crippen molar-refractivity contribution in [3.8, 4) is 11.1 Å². The van der Waals surface area contributed by atoms with E-state index in [1.807, 2.05) is 6.07 Å². The molecule has 1 aliphatic carbocycles. The van der Waals surface area contributed by atoms with Crippen LogP contribution in [0.15, 0.2) is 84.9 Å². The molecule has 0 N–H and O–H groups in total. The Hall–Kier alpha value is -1.27. The summed E-state index contributed by atoms with van der Waals surface area (Å²) in [6.45, 7) is 2.25. The van der Waals surface area contributed by atoms with Gasteiger partial charge in [-0.25, -0.2) is 0 Å². The van der Waals surface area contributed by atoms with Crippen molar-refractivity contribution in [1.82, 2.24) is 0 Å². The number of rotatable bonds is 0. The maximum Gasteiger partial charge on any atom is 4.00 e. The Kier molecular flexibility index (Phi) is 8.91. The summed E-state index contributed by atoms with van der Waals surface area (Å²) in [6, 6.07) is 32.9. The molecule has 3 heteroatoms. The second-order valence-electron chi connectivity index (χ2n) is 5.96. The third-order valence-corrected chi connectivity index (χ3v) is 4.59. The molecule has 26 heavy (non-hydrogen) atoms. The minimum absolute atomic E-state index is 0. The monoisotopic (exact) mass is 454 g/mol. The number of benzene rings is 3. The van der Waals surface area contributed by atoms with E-state index in [4.69, 9.17) is 0 Å². The Morgan fingerprint density at radius 3 is 2.31 bits per heavy atom. The predicted octanol–water partition coefficient (Wildman–Crippen LogP) is 0.183. The molecule has 1 aliphatic rings. The van der Waals surface area contributed by atoms with E-state index in [2.05, 4.69) is 91.9 Å². The largest absolute Gasteiger partial charge is 4.00 e. The van der Waals surface area contributed by atoms with Crippen LogP contribution in [0, 0.1) is 6.07 Å². The number of halogens is 2. The van der Waals surface area contributed by atoms with Crippen molar-refractivity contribution in [3.63, 3.8) is 0 Å². The van der Waals surface area contributed by atoms with Crippen molar-refractivity contribution in [1.29, 1.82) is 0 Å². The molecule has 0 nitrogen and oxygen atoms in total. The topological polar surface area (TPSA) is 0 Å². The standard InChI is InChI=1S/C14H11.C9H7.2ClH.Zr/c1-10-11-6-2-4-8-13(11)14-9-5-3-7-12(10)14;1-2-5-9-7-3-6-8(9)4-1;;;/h2-6,8-10H,1H3;1-7H;2*1H;/q2*-1;;;+4/p-2. The van der Waals surface area contributed by atoms with Gasteiger partial charge in [-0.3, -0.25) is 0 Å². The van der Waals surface area contributed by atoms with E-state index >= 15 is 0 Å². The van der Waals surface area contributed by atoms with E-state index in [-0.39, 0.29) is 51.0 Å². The molecular formula is C23H18Cl2Zr. The molecule has 4 aromatic rings. The molecular weight excluding hydrogens is 438 g/mol. The van der Waals surface area contributed by atoms with E-state index in [0.29, 0.717) is 5.92 Å². The summed E-state index contributed by atoms with van der Waals surface area (Å²) in [6.07, 6.45) is 0. The van der Waals surface area contributed by atoms with Gasteiger partial charge in [0.2, 0.25) is 0 Å². The molecule has 0 spiro atoms. The van der Waals surface area contributed by atoms with Crippen LogP contribution in [0.3, 0.4) is 0 Å². The van der Waals surface area contributed by atoms with Crippen LogP contribution in [0.5, 0.6) is 0 Å². The van der Waals surface area contributed by atoms with Crippen molar-refractivity contribution in [3.05, 3.63) is 102 Å². The van der Waals surface area contributed by atoms with Gasteiger partial charge in [0, 0.05) is 0 Å². The van der Waals surface area contributed by atoms with Crippen LogP contribution in [0.2, 0.25) is 0 Å². The summed E-state index contributed by atoms with van der Waals surface area (Å²) in [5, 5.41) is 2.66. The maximum atomic E-state index is 3.35. The Labute approximate surface area is 187 Å². The summed E-state index contributed by atoms with van der Waals surface area (Å²) >= 11 is 0. The van der Waals surface area contributed by atoms with Gasteiger partial charge in [0.05, 0.1) is 0 Å². The summed E-state index contributed by atoms with van der Waals surface area (Å²) in [4.78, 5) is 0. The van der Waals surface area contributed by atoms with E-state index in [1.165, 1.54) is 33.0 Å². The fourth-order valence-corrected chi connectivity index (χ4v) is 3.39. The first-order valence-electron chi connectivity index (χ1n) is 8.05. The van der Waals surface area contributed by atoms with Gasteiger partial charge in [-0.2, -0.15) is 41.8 Å². The molecule has 0 radical (unpaired) electrons. The second kappa shape index (κ2) is 10.2. The van der Waals surface area contributed by atoms with Gasteiger partial charge in [0.15, 0.2) is 0 Å². The van der Waals surface area contributed by atoms with Crippen molar-refractivity contribution in [2.75, 3.05) is 0 Å². The smallest absolute Gasteiger partial charge is 1.00 e. The van der Waals surface area contributed by atoms with Gasteiger partial charge < -0.3 is 24.8 Å². The molecule has 1 atom stereocenters. The average molecular weight is 457 g/mol. The van der Waals surface area contributed by atoms with Crippen LogP contribution in [0.25, 0.3) is 21.9 Å². The molecule has 5 rings (SSSR count). The average Bonchev–Trinajstić information content (AvgIpc) is 3.20. The molecule has 0 heterocycles. The molecule has 0 saturated heterocycles. The second-order valence-corrected chi connectivity index (χ2v) is 5.96. The number of hydrogen-bond acceptors (Lipinski definition) is 0. The Bertz CT molecular complexity index is 883. The minimum Gasteiger partial charge on any atom is -1.00 e. The van der Waals surface area contributed by atoms with E-state index in [9.17, 15) is 0 Å². The minimum atomic E-state index is 0. The quantitative estimate of drug-likeness (QED) is 0.332. The van der Waals surface area contributed by atoms with Gasteiger partial charge in [-0.15, -0.1) is 40.8 Å². The Balaban J connectivity index is 0.000000250. The van der Waals surface area contributed by atoms with Gasteiger partial charge in [-0.1, -0.05) is 42.8 Å². The zero-order chi connectivity index (χ0) is 15.6. The van der Waals surface area contributed by atoms with Crippen molar-refractivity contribution in [2.24, 2.45) is 0 Å². The molecule has 4 aromatic carbocycles. The van der Waals surface area contributed by atoms with Gasteiger partial charge >= 0.3 is 26.2 Å². The third-order valence-electron chi connectivity index (χ3n) is 4.59. The number of hydrogen-bond donors (Lipinski definition) is 0. The summed E-state index contributed by atoms with van der Waals surface area (Å²) in [5.74, 6) is 0.502. The SMILES string of the molecule is CC1c2[c-]cccc2-c2ccccc21.[Cl-].[Cl-].[Zr+4].c1ccc2[cH-]ccc2c1. The summed E-state index contributed by atoms with van der Waals surface area (Å²) in [5.41, 5.74) is 5.51. The fourth-order valence-electron chi connectivity index (χ4n) is 3.39. The first kappa shape index (κ1) is 22.8. The first-order chi connectivity index (χ1) is 11.3. The molecule has 128 valence electrons. The zero-order valence-electron chi connectivity index (χ0n) is 14.4. The van der Waals surface area contributed by atoms with Crippen LogP contribution in [-0.4, -0.2) is 0 Å². The number of fused-ring (bicyclic) bond motifs is 4. The van der Waals surface area contributed by atoms with Gasteiger partial charge in [0.1, 0.15) is 0 Å². The van der Waals surface area contributed by atoms with Crippen molar-refractivity contribution >= 4 is 10.8 Å². The van der Waals surface area contributed by atoms with Crippen LogP contribution in [0.1, 0.15) is 24.0 Å². The molecule has 0 saturated carbocycles. The Morgan fingerprint density at radius 1 is 0.808 bits per heavy atom. The molecule has 0 bridgehead atoms. The fraction of sp³-hybridized carbons (Fsp3) is 0.0870. The van der Waals surface area contributed by atoms with Gasteiger partial charge in [-0.05, 0) is 11.5 Å². The Morgan fingerprint density at radius 2 is 1.50 bits per heavy atom. The molecule has 1 unspecified atom stereocenters.